The van der Waals surface area contributed by atoms with E-state index in [1.54, 1.807) is 24.4 Å². The third kappa shape index (κ3) is 6.23. The zero-order valence-electron chi connectivity index (χ0n) is 20.4. The van der Waals surface area contributed by atoms with Crippen molar-refractivity contribution in [2.45, 2.75) is 6.61 Å². The Kier molecular flexibility index (Phi) is 8.11. The molecule has 0 spiro atoms. The fourth-order valence-electron chi connectivity index (χ4n) is 3.97. The van der Waals surface area contributed by atoms with E-state index in [1.807, 2.05) is 78.9 Å². The summed E-state index contributed by atoms with van der Waals surface area (Å²) in [6.45, 7) is 0.345. The molecular formula is C31H20Br2N4O2. The van der Waals surface area contributed by atoms with Crippen LogP contribution in [0, 0.1) is 11.3 Å². The molecule has 39 heavy (non-hydrogen) atoms. The van der Waals surface area contributed by atoms with Crippen LogP contribution in [0.5, 0.6) is 5.75 Å². The summed E-state index contributed by atoms with van der Waals surface area (Å²) >= 11 is 7.11. The Morgan fingerprint density at radius 1 is 0.949 bits per heavy atom. The molecule has 0 saturated carbocycles. The Morgan fingerprint density at radius 3 is 2.36 bits per heavy atom. The Bertz CT molecular complexity index is 1710. The molecular weight excluding hydrogens is 620 g/mol. The maximum absolute atomic E-state index is 13.2. The first-order valence-corrected chi connectivity index (χ1v) is 13.5. The molecule has 1 heterocycles. The van der Waals surface area contributed by atoms with E-state index in [0.29, 0.717) is 29.2 Å². The standard InChI is InChI=1S/C31H20Br2N4O2/c32-26-14-22(15-27(33)30(26)39-19-21-12-10-20(17-34)11-13-21)18-35-37-31(38)25-16-29(23-6-2-1-3-7-23)36-28-9-5-4-8-24(25)28/h1-16,18H,19H2,(H,37,38)/b35-18-. The lowest BCUT2D eigenvalue weighted by Gasteiger charge is -2.11. The summed E-state index contributed by atoms with van der Waals surface area (Å²) in [4.78, 5) is 17.9. The molecule has 6 nitrogen and oxygen atoms in total. The van der Waals surface area contributed by atoms with Crippen molar-refractivity contribution in [2.75, 3.05) is 0 Å². The van der Waals surface area contributed by atoms with Gasteiger partial charge in [0.05, 0.1) is 43.6 Å². The number of hydrogen-bond acceptors (Lipinski definition) is 5. The average molecular weight is 640 g/mol. The van der Waals surface area contributed by atoms with Gasteiger partial charge in [0.2, 0.25) is 0 Å². The molecule has 0 unspecified atom stereocenters. The number of pyridine rings is 1. The zero-order valence-corrected chi connectivity index (χ0v) is 23.6. The molecule has 1 amide bonds. The Balaban J connectivity index is 1.31. The highest BCUT2D eigenvalue weighted by molar-refractivity contribution is 9.11. The first-order valence-electron chi connectivity index (χ1n) is 11.9. The van der Waals surface area contributed by atoms with Crippen molar-refractivity contribution in [3.63, 3.8) is 0 Å². The molecule has 0 aliphatic carbocycles. The van der Waals surface area contributed by atoms with Gasteiger partial charge in [-0.3, -0.25) is 4.79 Å². The van der Waals surface area contributed by atoms with Gasteiger partial charge in [-0.2, -0.15) is 10.4 Å². The number of rotatable bonds is 7. The van der Waals surface area contributed by atoms with Crippen LogP contribution in [-0.4, -0.2) is 17.1 Å². The molecule has 0 fully saturated rings. The second kappa shape index (κ2) is 12.0. The number of nitrogens with one attached hydrogen (secondary N) is 1. The number of aromatic nitrogens is 1. The third-order valence-corrected chi connectivity index (χ3v) is 7.07. The van der Waals surface area contributed by atoms with Crippen molar-refractivity contribution in [1.82, 2.24) is 10.4 Å². The van der Waals surface area contributed by atoms with E-state index in [2.05, 4.69) is 48.5 Å². The van der Waals surface area contributed by atoms with Crippen LogP contribution in [0.1, 0.15) is 27.0 Å². The van der Waals surface area contributed by atoms with Crippen molar-refractivity contribution in [3.05, 3.63) is 128 Å². The van der Waals surface area contributed by atoms with E-state index in [0.717, 1.165) is 36.5 Å². The lowest BCUT2D eigenvalue weighted by Crippen LogP contribution is -2.18. The monoisotopic (exact) mass is 638 g/mol. The van der Waals surface area contributed by atoms with E-state index in [1.165, 1.54) is 0 Å². The highest BCUT2D eigenvalue weighted by Crippen LogP contribution is 2.35. The summed E-state index contributed by atoms with van der Waals surface area (Å²) in [6.07, 6.45) is 1.57. The molecule has 0 bridgehead atoms. The van der Waals surface area contributed by atoms with Gasteiger partial charge in [-0.15, -0.1) is 0 Å². The lowest BCUT2D eigenvalue weighted by atomic mass is 10.0. The second-order valence-corrected chi connectivity index (χ2v) is 10.3. The molecule has 1 N–H and O–H groups in total. The molecule has 0 aliphatic rings. The molecule has 5 rings (SSSR count). The van der Waals surface area contributed by atoms with Gasteiger partial charge in [-0.05, 0) is 79.4 Å². The summed E-state index contributed by atoms with van der Waals surface area (Å²) in [5.74, 6) is 0.305. The average Bonchev–Trinajstić information content (AvgIpc) is 2.97. The Hall–Kier alpha value is -4.32. The van der Waals surface area contributed by atoms with Gasteiger partial charge in [-0.1, -0.05) is 60.7 Å². The predicted octanol–water partition coefficient (Wildman–Crippen LogP) is 7.64. The van der Waals surface area contributed by atoms with Gasteiger partial charge in [0.25, 0.3) is 5.91 Å². The maximum atomic E-state index is 13.2. The first kappa shape index (κ1) is 26.3. The van der Waals surface area contributed by atoms with Gasteiger partial charge in [0.15, 0.2) is 0 Å². The van der Waals surface area contributed by atoms with Crippen molar-refractivity contribution >= 4 is 54.9 Å². The number of nitrogens with zero attached hydrogens (tertiary/aromatic N) is 3. The summed E-state index contributed by atoms with van der Waals surface area (Å²) in [5.41, 5.74) is 7.82. The molecule has 0 aliphatic heterocycles. The largest absolute Gasteiger partial charge is 0.487 e. The number of halogens is 2. The summed E-state index contributed by atoms with van der Waals surface area (Å²) < 4.78 is 7.43. The van der Waals surface area contributed by atoms with Gasteiger partial charge in [0.1, 0.15) is 12.4 Å². The Labute approximate surface area is 242 Å². The number of ether oxygens (including phenoxy) is 1. The number of fused-ring (bicyclic) bond motifs is 1. The van der Waals surface area contributed by atoms with E-state index in [-0.39, 0.29) is 5.91 Å². The van der Waals surface area contributed by atoms with Crippen LogP contribution in [0.2, 0.25) is 0 Å². The van der Waals surface area contributed by atoms with Crippen LogP contribution in [0.15, 0.2) is 111 Å². The number of hydrogen-bond donors (Lipinski definition) is 1. The quantitative estimate of drug-likeness (QED) is 0.146. The van der Waals surface area contributed by atoms with Crippen molar-refractivity contribution in [2.24, 2.45) is 5.10 Å². The number of hydrazone groups is 1. The van der Waals surface area contributed by atoms with Crippen LogP contribution < -0.4 is 10.2 Å². The Morgan fingerprint density at radius 2 is 1.64 bits per heavy atom. The fraction of sp³-hybridized carbons (Fsp3) is 0.0323. The van der Waals surface area contributed by atoms with Crippen molar-refractivity contribution < 1.29 is 9.53 Å². The highest BCUT2D eigenvalue weighted by atomic mass is 79.9. The maximum Gasteiger partial charge on any atom is 0.272 e. The highest BCUT2D eigenvalue weighted by Gasteiger charge is 2.14. The molecule has 4 aromatic carbocycles. The summed E-state index contributed by atoms with van der Waals surface area (Å²) in [7, 11) is 0. The van der Waals surface area contributed by atoms with Gasteiger partial charge < -0.3 is 4.74 Å². The number of amides is 1. The number of nitriles is 1. The smallest absolute Gasteiger partial charge is 0.272 e. The normalized spacial score (nSPS) is 10.9. The van der Waals surface area contributed by atoms with Crippen LogP contribution in [0.3, 0.4) is 0 Å². The number of para-hydroxylation sites is 1. The van der Waals surface area contributed by atoms with Crippen LogP contribution in [-0.2, 0) is 6.61 Å². The van der Waals surface area contributed by atoms with Crippen LogP contribution in [0.25, 0.3) is 22.2 Å². The molecule has 5 aromatic rings. The second-order valence-electron chi connectivity index (χ2n) is 8.55. The van der Waals surface area contributed by atoms with E-state index >= 15 is 0 Å². The lowest BCUT2D eigenvalue weighted by molar-refractivity contribution is 0.0956. The first-order chi connectivity index (χ1) is 19.0. The van der Waals surface area contributed by atoms with Crippen molar-refractivity contribution in [3.8, 4) is 23.1 Å². The summed E-state index contributed by atoms with van der Waals surface area (Å²) in [5, 5.41) is 13.9. The SMILES string of the molecule is N#Cc1ccc(COc2c(Br)cc(/C=N\NC(=O)c3cc(-c4ccccc4)nc4ccccc34)cc2Br)cc1. The van der Waals surface area contributed by atoms with E-state index in [4.69, 9.17) is 15.0 Å². The molecule has 0 atom stereocenters. The van der Waals surface area contributed by atoms with Gasteiger partial charge in [0, 0.05) is 10.9 Å². The zero-order chi connectivity index (χ0) is 27.2. The summed E-state index contributed by atoms with van der Waals surface area (Å²) in [6, 6.07) is 32.1. The molecule has 0 radical (unpaired) electrons. The predicted molar refractivity (Wildman–Crippen MR) is 160 cm³/mol. The topological polar surface area (TPSA) is 87.4 Å². The van der Waals surface area contributed by atoms with Gasteiger partial charge >= 0.3 is 0 Å². The number of carbonyl (C=O) groups is 1. The van der Waals surface area contributed by atoms with E-state index < -0.39 is 0 Å². The minimum Gasteiger partial charge on any atom is -0.487 e. The molecule has 0 saturated heterocycles. The van der Waals surface area contributed by atoms with E-state index in [9.17, 15) is 4.79 Å². The number of carbonyl (C=O) groups excluding carboxylic acids is 1. The fourth-order valence-corrected chi connectivity index (χ4v) is 5.42. The molecule has 8 heteroatoms. The van der Waals surface area contributed by atoms with Gasteiger partial charge in [-0.25, -0.2) is 10.4 Å². The molecule has 190 valence electrons. The minimum atomic E-state index is -0.331. The number of benzene rings is 4. The minimum absolute atomic E-state index is 0.331. The van der Waals surface area contributed by atoms with Crippen molar-refractivity contribution in [1.29, 1.82) is 5.26 Å². The molecule has 1 aromatic heterocycles. The van der Waals surface area contributed by atoms with Crippen LogP contribution in [0.4, 0.5) is 0 Å². The van der Waals surface area contributed by atoms with Crippen LogP contribution >= 0.6 is 31.9 Å². The third-order valence-electron chi connectivity index (χ3n) is 5.90.